The third kappa shape index (κ3) is 3.55. The van der Waals surface area contributed by atoms with Gasteiger partial charge in [0.2, 0.25) is 0 Å². The van der Waals surface area contributed by atoms with E-state index in [1.165, 1.54) is 11.6 Å². The minimum atomic E-state index is -0.322. The Morgan fingerprint density at radius 1 is 1.21 bits per heavy atom. The number of nitrogens with two attached hydrogens (primary N) is 1. The standard InChI is InChI=1S/C16H18FNO/c1-11-4-3-5-13(8-11)10-19-14-6-7-15(12(2)18)16(17)9-14/h3-9,12H,10,18H2,1-2H3. The first-order valence-electron chi connectivity index (χ1n) is 6.29. The lowest BCUT2D eigenvalue weighted by Gasteiger charge is -2.10. The maximum atomic E-state index is 13.7. The van der Waals surface area contributed by atoms with Crippen molar-refractivity contribution in [3.63, 3.8) is 0 Å². The summed E-state index contributed by atoms with van der Waals surface area (Å²) >= 11 is 0. The van der Waals surface area contributed by atoms with Crippen molar-refractivity contribution in [2.45, 2.75) is 26.5 Å². The normalized spacial score (nSPS) is 12.2. The summed E-state index contributed by atoms with van der Waals surface area (Å²) in [6.45, 7) is 4.21. The van der Waals surface area contributed by atoms with E-state index >= 15 is 0 Å². The van der Waals surface area contributed by atoms with Crippen LogP contribution in [0.3, 0.4) is 0 Å². The molecule has 1 unspecified atom stereocenters. The van der Waals surface area contributed by atoms with Gasteiger partial charge in [0.1, 0.15) is 18.2 Å². The first-order valence-corrected chi connectivity index (χ1v) is 6.29. The largest absolute Gasteiger partial charge is 0.489 e. The van der Waals surface area contributed by atoms with Crippen LogP contribution in [0.4, 0.5) is 4.39 Å². The van der Waals surface area contributed by atoms with Crippen molar-refractivity contribution in [2.24, 2.45) is 5.73 Å². The summed E-state index contributed by atoms with van der Waals surface area (Å²) in [5.74, 6) is 0.195. The summed E-state index contributed by atoms with van der Waals surface area (Å²) in [5, 5.41) is 0. The topological polar surface area (TPSA) is 35.2 Å². The Bertz CT molecular complexity index is 566. The fraction of sp³-hybridized carbons (Fsp3) is 0.250. The molecule has 0 spiro atoms. The van der Waals surface area contributed by atoms with Crippen molar-refractivity contribution in [1.29, 1.82) is 0 Å². The molecular formula is C16H18FNO. The number of rotatable bonds is 4. The van der Waals surface area contributed by atoms with Gasteiger partial charge in [-0.05, 0) is 25.5 Å². The number of ether oxygens (including phenoxy) is 1. The van der Waals surface area contributed by atoms with Gasteiger partial charge in [-0.25, -0.2) is 4.39 Å². The molecular weight excluding hydrogens is 241 g/mol. The van der Waals surface area contributed by atoms with Gasteiger partial charge < -0.3 is 10.5 Å². The maximum Gasteiger partial charge on any atom is 0.131 e. The summed E-state index contributed by atoms with van der Waals surface area (Å²) in [4.78, 5) is 0. The average molecular weight is 259 g/mol. The van der Waals surface area contributed by atoms with Gasteiger partial charge in [0.15, 0.2) is 0 Å². The molecule has 0 bridgehead atoms. The van der Waals surface area contributed by atoms with Crippen LogP contribution in [0.25, 0.3) is 0 Å². The molecule has 2 aromatic rings. The van der Waals surface area contributed by atoms with Gasteiger partial charge in [-0.1, -0.05) is 35.9 Å². The smallest absolute Gasteiger partial charge is 0.131 e. The number of aryl methyl sites for hydroxylation is 1. The van der Waals surface area contributed by atoms with Gasteiger partial charge in [0.25, 0.3) is 0 Å². The van der Waals surface area contributed by atoms with Crippen molar-refractivity contribution in [3.8, 4) is 5.75 Å². The Labute approximate surface area is 113 Å². The van der Waals surface area contributed by atoms with E-state index in [4.69, 9.17) is 10.5 Å². The van der Waals surface area contributed by atoms with Crippen LogP contribution < -0.4 is 10.5 Å². The molecule has 0 aliphatic carbocycles. The summed E-state index contributed by atoms with van der Waals surface area (Å²) in [5.41, 5.74) is 8.41. The van der Waals surface area contributed by atoms with E-state index < -0.39 is 0 Å². The molecule has 0 saturated carbocycles. The molecule has 19 heavy (non-hydrogen) atoms. The van der Waals surface area contributed by atoms with E-state index in [0.29, 0.717) is 17.9 Å². The van der Waals surface area contributed by atoms with Crippen molar-refractivity contribution < 1.29 is 9.13 Å². The molecule has 2 N–H and O–H groups in total. The summed E-state index contributed by atoms with van der Waals surface area (Å²) in [6.07, 6.45) is 0. The van der Waals surface area contributed by atoms with Gasteiger partial charge in [-0.15, -0.1) is 0 Å². The summed E-state index contributed by atoms with van der Waals surface area (Å²) in [6, 6.07) is 12.5. The van der Waals surface area contributed by atoms with Crippen LogP contribution in [-0.2, 0) is 6.61 Å². The summed E-state index contributed by atoms with van der Waals surface area (Å²) < 4.78 is 19.3. The molecule has 100 valence electrons. The third-order valence-electron chi connectivity index (χ3n) is 2.95. The highest BCUT2D eigenvalue weighted by molar-refractivity contribution is 5.31. The highest BCUT2D eigenvalue weighted by atomic mass is 19.1. The molecule has 0 saturated heterocycles. The third-order valence-corrected chi connectivity index (χ3v) is 2.95. The molecule has 0 aromatic heterocycles. The van der Waals surface area contributed by atoms with Crippen LogP contribution in [0, 0.1) is 12.7 Å². The average Bonchev–Trinajstić information content (AvgIpc) is 2.36. The number of hydrogen-bond donors (Lipinski definition) is 1. The lowest BCUT2D eigenvalue weighted by molar-refractivity contribution is 0.304. The molecule has 2 aromatic carbocycles. The molecule has 2 nitrogen and oxygen atoms in total. The van der Waals surface area contributed by atoms with E-state index in [1.54, 1.807) is 19.1 Å². The van der Waals surface area contributed by atoms with Gasteiger partial charge >= 0.3 is 0 Å². The van der Waals surface area contributed by atoms with E-state index in [0.717, 1.165) is 5.56 Å². The van der Waals surface area contributed by atoms with Crippen LogP contribution >= 0.6 is 0 Å². The second-order valence-electron chi connectivity index (χ2n) is 4.75. The SMILES string of the molecule is Cc1cccc(COc2ccc(C(C)N)c(F)c2)c1. The van der Waals surface area contributed by atoms with Gasteiger partial charge in [-0.3, -0.25) is 0 Å². The molecule has 0 aliphatic heterocycles. The van der Waals surface area contributed by atoms with Crippen LogP contribution in [0.2, 0.25) is 0 Å². The predicted molar refractivity (Wildman–Crippen MR) is 74.5 cm³/mol. The molecule has 3 heteroatoms. The fourth-order valence-corrected chi connectivity index (χ4v) is 1.94. The predicted octanol–water partition coefficient (Wildman–Crippen LogP) is 3.73. The zero-order valence-corrected chi connectivity index (χ0v) is 11.2. The lowest BCUT2D eigenvalue weighted by Crippen LogP contribution is -2.07. The number of hydrogen-bond acceptors (Lipinski definition) is 2. The maximum absolute atomic E-state index is 13.7. The fourth-order valence-electron chi connectivity index (χ4n) is 1.94. The molecule has 2 rings (SSSR count). The Morgan fingerprint density at radius 2 is 2.00 bits per heavy atom. The lowest BCUT2D eigenvalue weighted by atomic mass is 10.1. The zero-order valence-electron chi connectivity index (χ0n) is 11.2. The Balaban J connectivity index is 2.06. The van der Waals surface area contributed by atoms with Crippen LogP contribution in [0.15, 0.2) is 42.5 Å². The van der Waals surface area contributed by atoms with Crippen LogP contribution in [-0.4, -0.2) is 0 Å². The first kappa shape index (κ1) is 13.6. The minimum absolute atomic E-state index is 0.314. The van der Waals surface area contributed by atoms with Crippen LogP contribution in [0.5, 0.6) is 5.75 Å². The van der Waals surface area contributed by atoms with E-state index in [2.05, 4.69) is 0 Å². The van der Waals surface area contributed by atoms with E-state index in [-0.39, 0.29) is 11.9 Å². The van der Waals surface area contributed by atoms with Crippen LogP contribution in [0.1, 0.15) is 29.7 Å². The molecule has 0 radical (unpaired) electrons. The molecule has 0 heterocycles. The van der Waals surface area contributed by atoms with Crippen molar-refractivity contribution in [1.82, 2.24) is 0 Å². The Hall–Kier alpha value is -1.87. The van der Waals surface area contributed by atoms with Gasteiger partial charge in [0.05, 0.1) is 0 Å². The Morgan fingerprint density at radius 3 is 2.63 bits per heavy atom. The Kier molecular flexibility index (Phi) is 4.17. The first-order chi connectivity index (χ1) is 9.06. The molecule has 0 amide bonds. The van der Waals surface area contributed by atoms with Gasteiger partial charge in [-0.2, -0.15) is 0 Å². The minimum Gasteiger partial charge on any atom is -0.489 e. The highest BCUT2D eigenvalue weighted by Crippen LogP contribution is 2.21. The van der Waals surface area contributed by atoms with Gasteiger partial charge in [0, 0.05) is 17.7 Å². The van der Waals surface area contributed by atoms with E-state index in [1.807, 2.05) is 31.2 Å². The monoisotopic (exact) mass is 259 g/mol. The number of benzene rings is 2. The second-order valence-corrected chi connectivity index (χ2v) is 4.75. The molecule has 0 fully saturated rings. The quantitative estimate of drug-likeness (QED) is 0.908. The van der Waals surface area contributed by atoms with Crippen molar-refractivity contribution >= 4 is 0 Å². The summed E-state index contributed by atoms with van der Waals surface area (Å²) in [7, 11) is 0. The van der Waals surface area contributed by atoms with E-state index in [9.17, 15) is 4.39 Å². The number of halogens is 1. The second kappa shape index (κ2) is 5.85. The zero-order chi connectivity index (χ0) is 13.8. The molecule has 0 aliphatic rings. The molecule has 1 atom stereocenters. The van der Waals surface area contributed by atoms with Crippen molar-refractivity contribution in [2.75, 3.05) is 0 Å². The highest BCUT2D eigenvalue weighted by Gasteiger charge is 2.08. The van der Waals surface area contributed by atoms with Crippen molar-refractivity contribution in [3.05, 3.63) is 65.0 Å².